The van der Waals surface area contributed by atoms with E-state index in [4.69, 9.17) is 0 Å². The lowest BCUT2D eigenvalue weighted by Crippen LogP contribution is -1.93. The van der Waals surface area contributed by atoms with Crippen molar-refractivity contribution in [2.75, 3.05) is 11.1 Å². The van der Waals surface area contributed by atoms with E-state index in [1.54, 1.807) is 6.20 Å². The lowest BCUT2D eigenvalue weighted by molar-refractivity contribution is -0.105. The van der Waals surface area contributed by atoms with Crippen molar-refractivity contribution < 1.29 is 8.68 Å². The summed E-state index contributed by atoms with van der Waals surface area (Å²) < 4.78 is 14.2. The Morgan fingerprint density at radius 1 is 1.16 bits per heavy atom. The highest BCUT2D eigenvalue weighted by atomic mass is 32.2. The van der Waals surface area contributed by atoms with Gasteiger partial charge in [0.2, 0.25) is 6.41 Å². The van der Waals surface area contributed by atoms with Crippen LogP contribution in [0, 0.1) is 0 Å². The Hall–Kier alpha value is -2.34. The number of aromatic nitrogens is 2. The van der Waals surface area contributed by atoms with Crippen LogP contribution in [-0.2, 0) is 11.2 Å². The third-order valence-electron chi connectivity index (χ3n) is 3.79. The van der Waals surface area contributed by atoms with Crippen LogP contribution in [0.3, 0.4) is 0 Å². The molecule has 0 unspecified atom stereocenters. The molecule has 1 amide bonds. The van der Waals surface area contributed by atoms with Crippen molar-refractivity contribution in [3.05, 3.63) is 54.4 Å². The Kier molecular flexibility index (Phi) is 6.06. The summed E-state index contributed by atoms with van der Waals surface area (Å²) >= 11 is 0.355. The predicted molar refractivity (Wildman–Crippen MR) is 101 cm³/mol. The van der Waals surface area contributed by atoms with Crippen LogP contribution in [0.5, 0.6) is 0 Å². The van der Waals surface area contributed by atoms with E-state index >= 15 is 0 Å². The zero-order chi connectivity index (χ0) is 17.5. The number of pyridine rings is 1. The molecule has 2 heterocycles. The Morgan fingerprint density at radius 2 is 1.96 bits per heavy atom. The van der Waals surface area contributed by atoms with Crippen LogP contribution < -0.4 is 5.32 Å². The molecule has 1 fully saturated rings. The molecular formula is C19H20FN3OS. The highest BCUT2D eigenvalue weighted by Gasteiger charge is 2.07. The largest absolute Gasteiger partial charge is 0.312 e. The highest BCUT2D eigenvalue weighted by Crippen LogP contribution is 2.26. The van der Waals surface area contributed by atoms with Gasteiger partial charge in [-0.3, -0.25) is 4.79 Å². The van der Waals surface area contributed by atoms with Gasteiger partial charge in [-0.25, -0.2) is 4.98 Å². The van der Waals surface area contributed by atoms with Crippen LogP contribution in [-0.4, -0.2) is 21.5 Å². The van der Waals surface area contributed by atoms with Gasteiger partial charge in [0, 0.05) is 24.1 Å². The summed E-state index contributed by atoms with van der Waals surface area (Å²) in [6.45, 7) is 0. The molecule has 1 N–H and O–H groups in total. The molecule has 25 heavy (non-hydrogen) atoms. The minimum absolute atomic E-state index is 0.355. The smallest absolute Gasteiger partial charge is 0.212 e. The van der Waals surface area contributed by atoms with E-state index in [0.717, 1.165) is 22.3 Å². The normalized spacial score (nSPS) is 12.4. The first-order valence-electron chi connectivity index (χ1n) is 8.32. The summed E-state index contributed by atoms with van der Waals surface area (Å²) in [5, 5.41) is 2.54. The van der Waals surface area contributed by atoms with E-state index in [1.807, 2.05) is 47.0 Å². The SMILES string of the molecule is C1CC1.O=CNc1cn2cc(-c3ccccc3CCSF)ccc2n1. The van der Waals surface area contributed by atoms with Gasteiger partial charge >= 0.3 is 0 Å². The van der Waals surface area contributed by atoms with Crippen molar-refractivity contribution in [1.82, 2.24) is 9.38 Å². The Labute approximate surface area is 150 Å². The van der Waals surface area contributed by atoms with E-state index in [1.165, 1.54) is 19.3 Å². The first kappa shape index (κ1) is 17.5. The second-order valence-electron chi connectivity index (χ2n) is 5.85. The van der Waals surface area contributed by atoms with Crippen molar-refractivity contribution in [3.63, 3.8) is 0 Å². The van der Waals surface area contributed by atoms with E-state index in [0.29, 0.717) is 36.5 Å². The van der Waals surface area contributed by atoms with Gasteiger partial charge in [0.05, 0.1) is 6.20 Å². The summed E-state index contributed by atoms with van der Waals surface area (Å²) in [6.07, 6.45) is 9.50. The van der Waals surface area contributed by atoms with E-state index < -0.39 is 0 Å². The van der Waals surface area contributed by atoms with Crippen LogP contribution in [0.2, 0.25) is 0 Å². The van der Waals surface area contributed by atoms with E-state index in [2.05, 4.69) is 10.3 Å². The molecule has 130 valence electrons. The van der Waals surface area contributed by atoms with Crippen molar-refractivity contribution >= 4 is 30.0 Å². The van der Waals surface area contributed by atoms with Crippen LogP contribution in [0.15, 0.2) is 48.8 Å². The van der Waals surface area contributed by atoms with Crippen molar-refractivity contribution in [2.24, 2.45) is 0 Å². The second-order valence-corrected chi connectivity index (χ2v) is 6.48. The fourth-order valence-electron chi connectivity index (χ4n) is 2.45. The predicted octanol–water partition coefficient (Wildman–Crippen LogP) is 4.90. The maximum absolute atomic E-state index is 12.4. The van der Waals surface area contributed by atoms with Crippen LogP contribution >= 0.6 is 12.1 Å². The minimum Gasteiger partial charge on any atom is -0.312 e. The number of hydrogen-bond donors (Lipinski definition) is 1. The number of rotatable bonds is 6. The molecule has 0 spiro atoms. The third kappa shape index (κ3) is 4.82. The lowest BCUT2D eigenvalue weighted by atomic mass is 9.99. The average molecular weight is 357 g/mol. The summed E-state index contributed by atoms with van der Waals surface area (Å²) in [4.78, 5) is 14.8. The zero-order valence-corrected chi connectivity index (χ0v) is 14.6. The van der Waals surface area contributed by atoms with Gasteiger partial charge in [-0.15, -0.1) is 0 Å². The van der Waals surface area contributed by atoms with Crippen LogP contribution in [0.4, 0.5) is 9.70 Å². The fraction of sp³-hybridized carbons (Fsp3) is 0.263. The Morgan fingerprint density at radius 3 is 2.68 bits per heavy atom. The number of carbonyl (C=O) groups is 1. The van der Waals surface area contributed by atoms with Gasteiger partial charge in [-0.2, -0.15) is 3.89 Å². The molecule has 0 bridgehead atoms. The first-order valence-corrected chi connectivity index (χ1v) is 9.21. The van der Waals surface area contributed by atoms with Gasteiger partial charge in [0.25, 0.3) is 0 Å². The number of nitrogens with zero attached hydrogens (tertiary/aromatic N) is 2. The van der Waals surface area contributed by atoms with Crippen molar-refractivity contribution in [1.29, 1.82) is 0 Å². The molecule has 4 nitrogen and oxygen atoms in total. The Balaban J connectivity index is 0.000000549. The molecule has 1 aliphatic carbocycles. The number of carbonyl (C=O) groups excluding carboxylic acids is 1. The fourth-order valence-corrected chi connectivity index (χ4v) is 2.75. The molecule has 0 saturated heterocycles. The first-order chi connectivity index (χ1) is 12.3. The van der Waals surface area contributed by atoms with Gasteiger partial charge < -0.3 is 9.72 Å². The number of amides is 1. The van der Waals surface area contributed by atoms with E-state index in [9.17, 15) is 8.68 Å². The monoisotopic (exact) mass is 357 g/mol. The quantitative estimate of drug-likeness (QED) is 0.638. The van der Waals surface area contributed by atoms with Gasteiger partial charge in [0.1, 0.15) is 5.65 Å². The second kappa shape index (κ2) is 8.67. The molecular weight excluding hydrogens is 337 g/mol. The average Bonchev–Trinajstić information content (AvgIpc) is 3.47. The number of imidazole rings is 1. The van der Waals surface area contributed by atoms with Gasteiger partial charge in [0.15, 0.2) is 5.82 Å². The molecule has 1 saturated carbocycles. The number of benzene rings is 1. The topological polar surface area (TPSA) is 46.4 Å². The molecule has 0 radical (unpaired) electrons. The maximum Gasteiger partial charge on any atom is 0.212 e. The number of nitrogens with one attached hydrogen (secondary N) is 1. The Bertz CT molecular complexity index is 845. The standard InChI is InChI=1S/C16H14FN3OS.C3H6/c17-22-8-7-12-3-1-2-4-14(12)13-5-6-16-19-15(18-11-21)10-20(16)9-13;1-2-3-1/h1-6,9-11H,7-8H2,(H,18,21);1-3H2. The van der Waals surface area contributed by atoms with Crippen LogP contribution in [0.25, 0.3) is 16.8 Å². The number of halogens is 1. The molecule has 3 aromatic rings. The lowest BCUT2D eigenvalue weighted by Gasteiger charge is -2.09. The number of anilines is 1. The van der Waals surface area contributed by atoms with Gasteiger partial charge in [-0.1, -0.05) is 43.5 Å². The minimum atomic E-state index is 0.355. The maximum atomic E-state index is 12.4. The zero-order valence-electron chi connectivity index (χ0n) is 13.8. The molecule has 0 aliphatic heterocycles. The summed E-state index contributed by atoms with van der Waals surface area (Å²) in [6, 6.07) is 11.9. The molecule has 0 atom stereocenters. The molecule has 2 aromatic heterocycles. The van der Waals surface area contributed by atoms with Crippen molar-refractivity contribution in [3.8, 4) is 11.1 Å². The molecule has 1 aromatic carbocycles. The third-order valence-corrected chi connectivity index (χ3v) is 4.15. The van der Waals surface area contributed by atoms with Gasteiger partial charge in [-0.05, 0) is 35.2 Å². The summed E-state index contributed by atoms with van der Waals surface area (Å²) in [5.74, 6) is 0.951. The number of aryl methyl sites for hydroxylation is 1. The number of hydrogen-bond acceptors (Lipinski definition) is 3. The summed E-state index contributed by atoms with van der Waals surface area (Å²) in [7, 11) is 0. The molecule has 1 aliphatic rings. The molecule has 6 heteroatoms. The van der Waals surface area contributed by atoms with Crippen molar-refractivity contribution in [2.45, 2.75) is 25.7 Å². The molecule has 4 rings (SSSR count). The summed E-state index contributed by atoms with van der Waals surface area (Å²) in [5.41, 5.74) is 3.97. The number of fused-ring (bicyclic) bond motifs is 1. The highest BCUT2D eigenvalue weighted by molar-refractivity contribution is 7.94. The van der Waals surface area contributed by atoms with Crippen LogP contribution in [0.1, 0.15) is 24.8 Å². The van der Waals surface area contributed by atoms with E-state index in [-0.39, 0.29) is 0 Å².